The largest absolute Gasteiger partial charge is 0.497 e. The fourth-order valence-electron chi connectivity index (χ4n) is 2.82. The zero-order valence-corrected chi connectivity index (χ0v) is 17.1. The summed E-state index contributed by atoms with van der Waals surface area (Å²) in [6, 6.07) is 20.4. The molecule has 3 rings (SSSR count). The van der Waals surface area contributed by atoms with Gasteiger partial charge < -0.3 is 9.47 Å². The van der Waals surface area contributed by atoms with Crippen molar-refractivity contribution in [3.05, 3.63) is 83.4 Å². The highest BCUT2D eigenvalue weighted by Gasteiger charge is 2.27. The Kier molecular flexibility index (Phi) is 6.11. The number of halogens is 1. The van der Waals surface area contributed by atoms with E-state index in [0.29, 0.717) is 22.2 Å². The molecule has 0 amide bonds. The van der Waals surface area contributed by atoms with Crippen molar-refractivity contribution in [2.45, 2.75) is 11.4 Å². The molecule has 0 saturated heterocycles. The first kappa shape index (κ1) is 20.0. The summed E-state index contributed by atoms with van der Waals surface area (Å²) < 4.78 is 38.9. The van der Waals surface area contributed by atoms with E-state index < -0.39 is 10.0 Å². The van der Waals surface area contributed by atoms with Crippen LogP contribution >= 0.6 is 11.6 Å². The molecule has 3 aromatic rings. The molecule has 0 N–H and O–H groups in total. The van der Waals surface area contributed by atoms with Crippen LogP contribution in [0.15, 0.2) is 77.7 Å². The van der Waals surface area contributed by atoms with E-state index in [4.69, 9.17) is 21.1 Å². The van der Waals surface area contributed by atoms with Gasteiger partial charge >= 0.3 is 0 Å². The Morgan fingerprint density at radius 3 is 2.36 bits per heavy atom. The lowest BCUT2D eigenvalue weighted by Crippen LogP contribution is -2.30. The third-order valence-electron chi connectivity index (χ3n) is 4.23. The SMILES string of the molecule is COc1cccc(S(=O)(=O)N(Cc2ccccc2OC)c2cccc(Cl)c2)c1. The summed E-state index contributed by atoms with van der Waals surface area (Å²) in [4.78, 5) is 0.127. The lowest BCUT2D eigenvalue weighted by atomic mass is 10.2. The summed E-state index contributed by atoms with van der Waals surface area (Å²) in [6.07, 6.45) is 0. The molecule has 7 heteroatoms. The van der Waals surface area contributed by atoms with E-state index in [0.717, 1.165) is 5.56 Å². The van der Waals surface area contributed by atoms with E-state index in [1.54, 1.807) is 49.6 Å². The van der Waals surface area contributed by atoms with Crippen molar-refractivity contribution in [3.63, 3.8) is 0 Å². The first-order valence-electron chi connectivity index (χ1n) is 8.50. The highest BCUT2D eigenvalue weighted by Crippen LogP contribution is 2.31. The van der Waals surface area contributed by atoms with E-state index in [9.17, 15) is 8.42 Å². The van der Waals surface area contributed by atoms with Gasteiger partial charge in [0.2, 0.25) is 0 Å². The van der Waals surface area contributed by atoms with Crippen LogP contribution in [0.2, 0.25) is 5.02 Å². The third kappa shape index (κ3) is 4.24. The lowest BCUT2D eigenvalue weighted by Gasteiger charge is -2.25. The molecule has 0 aromatic heterocycles. The number of para-hydroxylation sites is 1. The Hall–Kier alpha value is -2.70. The summed E-state index contributed by atoms with van der Waals surface area (Å²) >= 11 is 6.13. The maximum atomic E-state index is 13.5. The molecule has 0 aliphatic rings. The second-order valence-electron chi connectivity index (χ2n) is 5.98. The molecular weight excluding hydrogens is 398 g/mol. The topological polar surface area (TPSA) is 55.8 Å². The number of anilines is 1. The number of ether oxygens (including phenoxy) is 2. The molecule has 0 bridgehead atoms. The van der Waals surface area contributed by atoms with Crippen LogP contribution in [0.5, 0.6) is 11.5 Å². The van der Waals surface area contributed by atoms with Gasteiger partial charge in [0.25, 0.3) is 10.0 Å². The van der Waals surface area contributed by atoms with E-state index in [2.05, 4.69) is 0 Å². The van der Waals surface area contributed by atoms with Crippen molar-refractivity contribution in [3.8, 4) is 11.5 Å². The van der Waals surface area contributed by atoms with Crippen LogP contribution < -0.4 is 13.8 Å². The van der Waals surface area contributed by atoms with Crippen LogP contribution in [0.3, 0.4) is 0 Å². The second-order valence-corrected chi connectivity index (χ2v) is 8.28. The maximum absolute atomic E-state index is 13.5. The van der Waals surface area contributed by atoms with Crippen LogP contribution in [-0.4, -0.2) is 22.6 Å². The average Bonchev–Trinajstić information content (AvgIpc) is 2.72. The normalized spacial score (nSPS) is 11.1. The molecule has 0 aliphatic carbocycles. The zero-order chi connectivity index (χ0) is 20.1. The third-order valence-corrected chi connectivity index (χ3v) is 6.24. The van der Waals surface area contributed by atoms with E-state index >= 15 is 0 Å². The van der Waals surface area contributed by atoms with Crippen molar-refractivity contribution < 1.29 is 17.9 Å². The van der Waals surface area contributed by atoms with Gasteiger partial charge in [-0.3, -0.25) is 4.31 Å². The van der Waals surface area contributed by atoms with Gasteiger partial charge in [-0.1, -0.05) is 41.9 Å². The van der Waals surface area contributed by atoms with Crippen molar-refractivity contribution >= 4 is 27.3 Å². The summed E-state index contributed by atoms with van der Waals surface area (Å²) in [6.45, 7) is 0.0872. The van der Waals surface area contributed by atoms with Crippen LogP contribution in [-0.2, 0) is 16.6 Å². The molecular formula is C21H20ClNO4S. The van der Waals surface area contributed by atoms with Crippen LogP contribution in [0, 0.1) is 0 Å². The number of sulfonamides is 1. The van der Waals surface area contributed by atoms with Crippen LogP contribution in [0.1, 0.15) is 5.56 Å². The lowest BCUT2D eigenvalue weighted by molar-refractivity contribution is 0.409. The smallest absolute Gasteiger partial charge is 0.264 e. The summed E-state index contributed by atoms with van der Waals surface area (Å²) in [5.41, 5.74) is 1.19. The summed E-state index contributed by atoms with van der Waals surface area (Å²) in [5.74, 6) is 1.07. The first-order valence-corrected chi connectivity index (χ1v) is 10.3. The quantitative estimate of drug-likeness (QED) is 0.556. The van der Waals surface area contributed by atoms with Crippen LogP contribution in [0.25, 0.3) is 0 Å². The van der Waals surface area contributed by atoms with Gasteiger partial charge in [-0.05, 0) is 36.4 Å². The molecule has 0 atom stereocenters. The molecule has 0 saturated carbocycles. The van der Waals surface area contributed by atoms with Crippen molar-refractivity contribution in [2.24, 2.45) is 0 Å². The fraction of sp³-hybridized carbons (Fsp3) is 0.143. The second kappa shape index (κ2) is 8.54. The zero-order valence-electron chi connectivity index (χ0n) is 15.5. The predicted octanol–water partition coefficient (Wildman–Crippen LogP) is 4.75. The number of benzene rings is 3. The number of hydrogen-bond acceptors (Lipinski definition) is 4. The number of hydrogen-bond donors (Lipinski definition) is 0. The van der Waals surface area contributed by atoms with Gasteiger partial charge in [0.05, 0.1) is 31.3 Å². The highest BCUT2D eigenvalue weighted by atomic mass is 35.5. The molecule has 0 heterocycles. The van der Waals surface area contributed by atoms with Crippen molar-refractivity contribution in [1.82, 2.24) is 0 Å². The van der Waals surface area contributed by atoms with Gasteiger partial charge in [0.15, 0.2) is 0 Å². The van der Waals surface area contributed by atoms with E-state index in [1.165, 1.54) is 23.5 Å². The molecule has 5 nitrogen and oxygen atoms in total. The monoisotopic (exact) mass is 417 g/mol. The molecule has 0 fully saturated rings. The first-order chi connectivity index (χ1) is 13.5. The van der Waals surface area contributed by atoms with Gasteiger partial charge in [0.1, 0.15) is 11.5 Å². The minimum atomic E-state index is -3.89. The Morgan fingerprint density at radius 1 is 0.893 bits per heavy atom. The van der Waals surface area contributed by atoms with Gasteiger partial charge in [-0.2, -0.15) is 0 Å². The Balaban J connectivity index is 2.12. The number of nitrogens with zero attached hydrogens (tertiary/aromatic N) is 1. The van der Waals surface area contributed by atoms with Crippen molar-refractivity contribution in [1.29, 1.82) is 0 Å². The molecule has 3 aromatic carbocycles. The molecule has 0 unspecified atom stereocenters. The summed E-state index contributed by atoms with van der Waals surface area (Å²) in [5, 5.41) is 0.448. The number of methoxy groups -OCH3 is 2. The number of rotatable bonds is 7. The van der Waals surface area contributed by atoms with E-state index in [-0.39, 0.29) is 11.4 Å². The standard InChI is InChI=1S/C21H20ClNO4S/c1-26-19-10-6-11-20(14-19)28(24,25)23(18-9-5-8-17(22)13-18)15-16-7-3-4-12-21(16)27-2/h3-14H,15H2,1-2H3. The fourth-order valence-corrected chi connectivity index (χ4v) is 4.48. The summed E-state index contributed by atoms with van der Waals surface area (Å²) in [7, 11) is -0.837. The maximum Gasteiger partial charge on any atom is 0.264 e. The molecule has 146 valence electrons. The van der Waals surface area contributed by atoms with Crippen LogP contribution in [0.4, 0.5) is 5.69 Å². The van der Waals surface area contributed by atoms with Crippen molar-refractivity contribution in [2.75, 3.05) is 18.5 Å². The molecule has 0 aliphatic heterocycles. The van der Waals surface area contributed by atoms with E-state index in [1.807, 2.05) is 18.2 Å². The molecule has 0 spiro atoms. The minimum Gasteiger partial charge on any atom is -0.497 e. The van der Waals surface area contributed by atoms with Gasteiger partial charge in [-0.15, -0.1) is 0 Å². The Labute approximate surface area is 170 Å². The molecule has 0 radical (unpaired) electrons. The Bertz CT molecular complexity index is 1070. The van der Waals surface area contributed by atoms with Gasteiger partial charge in [-0.25, -0.2) is 8.42 Å². The highest BCUT2D eigenvalue weighted by molar-refractivity contribution is 7.92. The Morgan fingerprint density at radius 2 is 1.64 bits per heavy atom. The molecule has 28 heavy (non-hydrogen) atoms. The minimum absolute atomic E-state index is 0.0872. The average molecular weight is 418 g/mol. The van der Waals surface area contributed by atoms with Gasteiger partial charge in [0, 0.05) is 16.7 Å². The predicted molar refractivity (Wildman–Crippen MR) is 111 cm³/mol.